The lowest BCUT2D eigenvalue weighted by Gasteiger charge is -2.18. The molecule has 0 aliphatic heterocycles. The van der Waals surface area contributed by atoms with Crippen molar-refractivity contribution in [1.29, 1.82) is 0 Å². The van der Waals surface area contributed by atoms with E-state index in [0.29, 0.717) is 11.3 Å². The third kappa shape index (κ3) is 2.51. The molecule has 2 aromatic carbocycles. The van der Waals surface area contributed by atoms with Crippen molar-refractivity contribution in [3.63, 3.8) is 0 Å². The maximum atomic E-state index is 11.9. The molecule has 4 heteroatoms. The number of allylic oxidation sites excluding steroid dienone is 1. The van der Waals surface area contributed by atoms with Crippen LogP contribution in [0.3, 0.4) is 0 Å². The lowest BCUT2D eigenvalue weighted by molar-refractivity contribution is -0.111. The Morgan fingerprint density at radius 1 is 0.864 bits per heavy atom. The number of fused-ring (bicyclic) bond motifs is 1. The van der Waals surface area contributed by atoms with E-state index < -0.39 is 11.6 Å². The average Bonchev–Trinajstić information content (AvgIpc) is 2.53. The Morgan fingerprint density at radius 3 is 2.14 bits per heavy atom. The van der Waals surface area contributed by atoms with Gasteiger partial charge < -0.3 is 10.2 Å². The van der Waals surface area contributed by atoms with E-state index in [1.165, 1.54) is 6.08 Å². The monoisotopic (exact) mass is 292 g/mol. The highest BCUT2D eigenvalue weighted by Crippen LogP contribution is 2.27. The van der Waals surface area contributed by atoms with Gasteiger partial charge in [0.1, 0.15) is 0 Å². The second kappa shape index (κ2) is 5.48. The molecule has 1 aliphatic carbocycles. The normalized spacial score (nSPS) is 13.5. The molecule has 4 nitrogen and oxygen atoms in total. The molecular formula is C18H16N2O2. The molecule has 22 heavy (non-hydrogen) atoms. The number of ketones is 2. The number of carbonyl (C=O) groups is 2. The van der Waals surface area contributed by atoms with Crippen molar-refractivity contribution < 1.29 is 9.59 Å². The van der Waals surface area contributed by atoms with Gasteiger partial charge in [0.15, 0.2) is 0 Å². The van der Waals surface area contributed by atoms with Crippen LogP contribution in [0.4, 0.5) is 11.4 Å². The van der Waals surface area contributed by atoms with Crippen molar-refractivity contribution in [2.24, 2.45) is 0 Å². The standard InChI is InChI=1S/C18H16N2O2/c1-20(2)13-9-7-12(8-10-13)19-16-11-17(21)18(22)15-6-4-3-5-14(15)16/h3-11,19H,1-2H3. The molecule has 0 spiro atoms. The van der Waals surface area contributed by atoms with E-state index in [1.807, 2.05) is 55.4 Å². The van der Waals surface area contributed by atoms with Gasteiger partial charge in [-0.15, -0.1) is 0 Å². The largest absolute Gasteiger partial charge is 0.378 e. The van der Waals surface area contributed by atoms with Gasteiger partial charge in [-0.05, 0) is 24.3 Å². The number of benzene rings is 2. The van der Waals surface area contributed by atoms with Gasteiger partial charge in [0, 0.05) is 42.7 Å². The minimum atomic E-state index is -0.494. The maximum Gasteiger partial charge on any atom is 0.233 e. The molecule has 0 radical (unpaired) electrons. The molecule has 2 aromatic rings. The number of carbonyl (C=O) groups excluding carboxylic acids is 2. The first-order valence-corrected chi connectivity index (χ1v) is 7.00. The summed E-state index contributed by atoms with van der Waals surface area (Å²) in [6, 6.07) is 15.0. The van der Waals surface area contributed by atoms with Gasteiger partial charge in [0.2, 0.25) is 11.6 Å². The summed E-state index contributed by atoms with van der Waals surface area (Å²) in [4.78, 5) is 25.8. The van der Waals surface area contributed by atoms with Crippen molar-refractivity contribution in [2.45, 2.75) is 0 Å². The molecule has 0 atom stereocenters. The fraction of sp³-hybridized carbons (Fsp3) is 0.111. The molecule has 1 aliphatic rings. The smallest absolute Gasteiger partial charge is 0.233 e. The topological polar surface area (TPSA) is 49.4 Å². The number of rotatable bonds is 3. The minimum absolute atomic E-state index is 0.447. The van der Waals surface area contributed by atoms with Crippen LogP contribution in [0.1, 0.15) is 15.9 Å². The van der Waals surface area contributed by atoms with E-state index in [9.17, 15) is 9.59 Å². The lowest BCUT2D eigenvalue weighted by Crippen LogP contribution is -2.20. The first-order valence-electron chi connectivity index (χ1n) is 7.00. The summed E-state index contributed by atoms with van der Waals surface area (Å²) in [6.45, 7) is 0. The van der Waals surface area contributed by atoms with Crippen LogP contribution in [-0.4, -0.2) is 25.7 Å². The Hall–Kier alpha value is -2.88. The van der Waals surface area contributed by atoms with E-state index in [4.69, 9.17) is 0 Å². The third-order valence-corrected chi connectivity index (χ3v) is 3.62. The fourth-order valence-corrected chi connectivity index (χ4v) is 2.42. The summed E-state index contributed by atoms with van der Waals surface area (Å²) in [5.74, 6) is -0.949. The Bertz CT molecular complexity index is 774. The number of nitrogens with one attached hydrogen (secondary N) is 1. The zero-order chi connectivity index (χ0) is 15.7. The summed E-state index contributed by atoms with van der Waals surface area (Å²) in [6.07, 6.45) is 1.37. The summed E-state index contributed by atoms with van der Waals surface area (Å²) >= 11 is 0. The van der Waals surface area contributed by atoms with Crippen LogP contribution in [0.15, 0.2) is 54.6 Å². The first-order chi connectivity index (χ1) is 10.6. The van der Waals surface area contributed by atoms with Crippen molar-refractivity contribution in [3.05, 3.63) is 65.7 Å². The van der Waals surface area contributed by atoms with Crippen LogP contribution in [0, 0.1) is 0 Å². The van der Waals surface area contributed by atoms with Crippen molar-refractivity contribution in [3.8, 4) is 0 Å². The SMILES string of the molecule is CN(C)c1ccc(NC2=CC(=O)C(=O)c3ccccc32)cc1. The number of hydrogen-bond acceptors (Lipinski definition) is 4. The molecule has 3 rings (SSSR count). The van der Waals surface area contributed by atoms with E-state index >= 15 is 0 Å². The number of anilines is 2. The van der Waals surface area contributed by atoms with Crippen LogP contribution >= 0.6 is 0 Å². The average molecular weight is 292 g/mol. The first kappa shape index (κ1) is 14.1. The van der Waals surface area contributed by atoms with Gasteiger partial charge in [0.25, 0.3) is 0 Å². The highest BCUT2D eigenvalue weighted by atomic mass is 16.2. The lowest BCUT2D eigenvalue weighted by atomic mass is 9.92. The molecule has 0 heterocycles. The van der Waals surface area contributed by atoms with Crippen LogP contribution < -0.4 is 10.2 Å². The number of Topliss-reactive ketones (excluding diaryl/α,β-unsaturated/α-hetero) is 1. The summed E-state index contributed by atoms with van der Waals surface area (Å²) in [7, 11) is 3.96. The van der Waals surface area contributed by atoms with Crippen LogP contribution in [0.25, 0.3) is 5.70 Å². The van der Waals surface area contributed by atoms with Crippen molar-refractivity contribution >= 4 is 28.6 Å². The zero-order valence-corrected chi connectivity index (χ0v) is 12.5. The van der Waals surface area contributed by atoms with Gasteiger partial charge in [-0.2, -0.15) is 0 Å². The second-order valence-electron chi connectivity index (χ2n) is 5.36. The van der Waals surface area contributed by atoms with Crippen LogP contribution in [-0.2, 0) is 4.79 Å². The molecule has 0 fully saturated rings. The second-order valence-corrected chi connectivity index (χ2v) is 5.36. The minimum Gasteiger partial charge on any atom is -0.378 e. The van der Waals surface area contributed by atoms with E-state index in [2.05, 4.69) is 5.32 Å². The van der Waals surface area contributed by atoms with Gasteiger partial charge in [-0.25, -0.2) is 0 Å². The summed E-state index contributed by atoms with van der Waals surface area (Å²) < 4.78 is 0. The van der Waals surface area contributed by atoms with Crippen molar-refractivity contribution in [2.75, 3.05) is 24.3 Å². The predicted molar refractivity (Wildman–Crippen MR) is 88.1 cm³/mol. The quantitative estimate of drug-likeness (QED) is 0.884. The Kier molecular flexibility index (Phi) is 3.51. The molecule has 0 saturated carbocycles. The predicted octanol–water partition coefficient (Wildman–Crippen LogP) is 2.97. The highest BCUT2D eigenvalue weighted by molar-refractivity contribution is 6.50. The number of hydrogen-bond donors (Lipinski definition) is 1. The van der Waals surface area contributed by atoms with E-state index in [0.717, 1.165) is 16.9 Å². The molecule has 0 bridgehead atoms. The Labute approximate surface area is 129 Å². The summed E-state index contributed by atoms with van der Waals surface area (Å²) in [5.41, 5.74) is 3.81. The highest BCUT2D eigenvalue weighted by Gasteiger charge is 2.25. The van der Waals surface area contributed by atoms with Crippen LogP contribution in [0.2, 0.25) is 0 Å². The molecule has 0 aromatic heterocycles. The summed E-state index contributed by atoms with van der Waals surface area (Å²) in [5, 5.41) is 3.22. The molecule has 0 unspecified atom stereocenters. The van der Waals surface area contributed by atoms with Gasteiger partial charge in [-0.3, -0.25) is 9.59 Å². The molecule has 0 amide bonds. The van der Waals surface area contributed by atoms with Gasteiger partial charge in [0.05, 0.1) is 5.70 Å². The molecule has 110 valence electrons. The zero-order valence-electron chi connectivity index (χ0n) is 12.5. The molecule has 1 N–H and O–H groups in total. The fourth-order valence-electron chi connectivity index (χ4n) is 2.42. The van der Waals surface area contributed by atoms with Gasteiger partial charge in [-0.1, -0.05) is 24.3 Å². The Morgan fingerprint density at radius 2 is 1.50 bits per heavy atom. The third-order valence-electron chi connectivity index (χ3n) is 3.62. The van der Waals surface area contributed by atoms with E-state index in [1.54, 1.807) is 12.1 Å². The van der Waals surface area contributed by atoms with E-state index in [-0.39, 0.29) is 0 Å². The van der Waals surface area contributed by atoms with Gasteiger partial charge >= 0.3 is 0 Å². The maximum absolute atomic E-state index is 11.9. The number of nitrogens with zero attached hydrogens (tertiary/aromatic N) is 1. The van der Waals surface area contributed by atoms with Crippen molar-refractivity contribution in [1.82, 2.24) is 0 Å². The Balaban J connectivity index is 1.93. The molecule has 0 saturated heterocycles. The van der Waals surface area contributed by atoms with Crippen LogP contribution in [0.5, 0.6) is 0 Å². The molecular weight excluding hydrogens is 276 g/mol.